The number of aliphatic hydroxyl groups is 1. The summed E-state index contributed by atoms with van der Waals surface area (Å²) < 4.78 is 8.65. The van der Waals surface area contributed by atoms with Crippen LogP contribution in [0.5, 0.6) is 0 Å². The molecule has 1 aliphatic heterocycles. The molecule has 2 aromatic heterocycles. The Labute approximate surface area is 137 Å². The van der Waals surface area contributed by atoms with Gasteiger partial charge in [-0.2, -0.15) is 0 Å². The molecule has 0 saturated carbocycles. The predicted molar refractivity (Wildman–Crippen MR) is 90.4 cm³/mol. The fourth-order valence-electron chi connectivity index (χ4n) is 3.12. The van der Waals surface area contributed by atoms with Gasteiger partial charge in [0.2, 0.25) is 0 Å². The zero-order valence-electron chi connectivity index (χ0n) is 13.9. The summed E-state index contributed by atoms with van der Waals surface area (Å²) in [4.78, 5) is 27.3. The summed E-state index contributed by atoms with van der Waals surface area (Å²) in [5.41, 5.74) is 0.0115. The molecule has 0 radical (unpaired) electrons. The minimum atomic E-state index is -0.356. The van der Waals surface area contributed by atoms with Gasteiger partial charge in [0.1, 0.15) is 4.83 Å². The molecule has 0 amide bonds. The molecule has 1 N–H and O–H groups in total. The molecule has 6 nitrogen and oxygen atoms in total. The van der Waals surface area contributed by atoms with E-state index in [4.69, 9.17) is 4.74 Å². The van der Waals surface area contributed by atoms with Crippen LogP contribution in [0.15, 0.2) is 9.59 Å². The lowest BCUT2D eigenvalue weighted by atomic mass is 9.94. The highest BCUT2D eigenvalue weighted by molar-refractivity contribution is 7.18. The fourth-order valence-corrected chi connectivity index (χ4v) is 4.47. The first-order valence-electron chi connectivity index (χ1n) is 7.81. The van der Waals surface area contributed by atoms with Crippen LogP contribution in [0.1, 0.15) is 44.2 Å². The second-order valence-corrected chi connectivity index (χ2v) is 7.92. The number of ether oxygens (including phenoxy) is 1. The highest BCUT2D eigenvalue weighted by Gasteiger charge is 2.32. The molecule has 126 valence electrons. The zero-order valence-corrected chi connectivity index (χ0v) is 14.7. The first kappa shape index (κ1) is 16.4. The van der Waals surface area contributed by atoms with E-state index in [9.17, 15) is 14.7 Å². The molecule has 7 heteroatoms. The molecule has 0 aromatic carbocycles. The van der Waals surface area contributed by atoms with E-state index in [1.54, 1.807) is 4.57 Å². The lowest BCUT2D eigenvalue weighted by Crippen LogP contribution is -2.41. The largest absolute Gasteiger partial charge is 0.395 e. The smallest absolute Gasteiger partial charge is 0.332 e. The summed E-state index contributed by atoms with van der Waals surface area (Å²) in [5.74, 6) is 0. The number of fused-ring (bicyclic) bond motifs is 3. The van der Waals surface area contributed by atoms with Crippen LogP contribution in [0, 0.1) is 0 Å². The van der Waals surface area contributed by atoms with Crippen molar-refractivity contribution in [1.82, 2.24) is 9.13 Å². The van der Waals surface area contributed by atoms with Crippen molar-refractivity contribution >= 4 is 21.6 Å². The molecule has 0 aliphatic carbocycles. The topological polar surface area (TPSA) is 73.5 Å². The van der Waals surface area contributed by atoms with Crippen molar-refractivity contribution in [2.75, 3.05) is 6.61 Å². The zero-order chi connectivity index (χ0) is 16.9. The van der Waals surface area contributed by atoms with Gasteiger partial charge in [0.25, 0.3) is 5.56 Å². The van der Waals surface area contributed by atoms with Crippen LogP contribution in [0.4, 0.5) is 0 Å². The average molecular weight is 338 g/mol. The lowest BCUT2D eigenvalue weighted by Gasteiger charge is -2.29. The summed E-state index contributed by atoms with van der Waals surface area (Å²) in [6.45, 7) is 8.10. The quantitative estimate of drug-likeness (QED) is 0.923. The SMILES string of the molecule is CC(C)n1c(=O)n(CCO)c(=O)c2c3c(sc21)COC(C)(C)C3. The van der Waals surface area contributed by atoms with Crippen molar-refractivity contribution in [2.24, 2.45) is 0 Å². The molecule has 0 saturated heterocycles. The van der Waals surface area contributed by atoms with Crippen LogP contribution in [-0.4, -0.2) is 26.4 Å². The number of hydrogen-bond donors (Lipinski definition) is 1. The number of aliphatic hydroxyl groups excluding tert-OH is 1. The number of hydrogen-bond acceptors (Lipinski definition) is 5. The van der Waals surface area contributed by atoms with E-state index in [-0.39, 0.29) is 36.0 Å². The van der Waals surface area contributed by atoms with Crippen LogP contribution >= 0.6 is 11.3 Å². The lowest BCUT2D eigenvalue weighted by molar-refractivity contribution is -0.0379. The molecule has 0 unspecified atom stereocenters. The highest BCUT2D eigenvalue weighted by Crippen LogP contribution is 2.37. The van der Waals surface area contributed by atoms with Gasteiger partial charge < -0.3 is 9.84 Å². The third-order valence-corrected chi connectivity index (χ3v) is 5.43. The van der Waals surface area contributed by atoms with E-state index in [2.05, 4.69) is 0 Å². The second-order valence-electron chi connectivity index (χ2n) is 6.84. The van der Waals surface area contributed by atoms with Crippen LogP contribution in [0.25, 0.3) is 10.2 Å². The molecule has 23 heavy (non-hydrogen) atoms. The van der Waals surface area contributed by atoms with Crippen LogP contribution in [0.2, 0.25) is 0 Å². The van der Waals surface area contributed by atoms with Crippen molar-refractivity contribution in [2.45, 2.75) is 58.9 Å². The predicted octanol–water partition coefficient (Wildman–Crippen LogP) is 1.65. The minimum absolute atomic E-state index is 0.0187. The maximum atomic E-state index is 12.9. The van der Waals surface area contributed by atoms with Gasteiger partial charge in [0.15, 0.2) is 0 Å². The van der Waals surface area contributed by atoms with Crippen LogP contribution in [0.3, 0.4) is 0 Å². The molecule has 2 aromatic rings. The Hall–Kier alpha value is -1.44. The maximum absolute atomic E-state index is 12.9. The van der Waals surface area contributed by atoms with Crippen molar-refractivity contribution in [3.63, 3.8) is 0 Å². The van der Waals surface area contributed by atoms with Gasteiger partial charge in [0, 0.05) is 17.3 Å². The fraction of sp³-hybridized carbons (Fsp3) is 0.625. The summed E-state index contributed by atoms with van der Waals surface area (Å²) in [5, 5.41) is 9.83. The van der Waals surface area contributed by atoms with E-state index < -0.39 is 0 Å². The first-order chi connectivity index (χ1) is 10.8. The van der Waals surface area contributed by atoms with Crippen LogP contribution in [-0.2, 0) is 24.3 Å². The van der Waals surface area contributed by atoms with E-state index in [1.807, 2.05) is 27.7 Å². The molecular formula is C16H22N2O4S. The number of thiophene rings is 1. The first-order valence-corrected chi connectivity index (χ1v) is 8.63. The van der Waals surface area contributed by atoms with Gasteiger partial charge in [-0.3, -0.25) is 13.9 Å². The summed E-state index contributed by atoms with van der Waals surface area (Å²) >= 11 is 1.47. The minimum Gasteiger partial charge on any atom is -0.395 e. The van der Waals surface area contributed by atoms with Crippen molar-refractivity contribution in [1.29, 1.82) is 0 Å². The number of nitrogens with zero attached hydrogens (tertiary/aromatic N) is 2. The van der Waals surface area contributed by atoms with Crippen molar-refractivity contribution in [3.05, 3.63) is 31.3 Å². The molecule has 0 fully saturated rings. The Morgan fingerprint density at radius 2 is 2.04 bits per heavy atom. The number of rotatable bonds is 3. The van der Waals surface area contributed by atoms with Gasteiger partial charge in [-0.15, -0.1) is 11.3 Å². The third-order valence-electron chi connectivity index (χ3n) is 4.22. The van der Waals surface area contributed by atoms with E-state index in [1.165, 1.54) is 11.3 Å². The summed E-state index contributed by atoms with van der Waals surface area (Å²) in [6.07, 6.45) is 0.646. The van der Waals surface area contributed by atoms with Gasteiger partial charge in [-0.25, -0.2) is 4.79 Å². The number of aromatic nitrogens is 2. The monoisotopic (exact) mass is 338 g/mol. The Morgan fingerprint density at radius 3 is 2.65 bits per heavy atom. The molecular weight excluding hydrogens is 316 g/mol. The van der Waals surface area contributed by atoms with Gasteiger partial charge >= 0.3 is 5.69 Å². The molecule has 3 heterocycles. The van der Waals surface area contributed by atoms with Crippen molar-refractivity contribution < 1.29 is 9.84 Å². The van der Waals surface area contributed by atoms with Crippen molar-refractivity contribution in [3.8, 4) is 0 Å². The summed E-state index contributed by atoms with van der Waals surface area (Å²) in [7, 11) is 0. The van der Waals surface area contributed by atoms with Gasteiger partial charge in [-0.1, -0.05) is 0 Å². The summed E-state index contributed by atoms with van der Waals surface area (Å²) in [6, 6.07) is -0.0652. The Morgan fingerprint density at radius 1 is 1.35 bits per heavy atom. The average Bonchev–Trinajstić information content (AvgIpc) is 2.80. The second kappa shape index (κ2) is 5.58. The maximum Gasteiger partial charge on any atom is 0.332 e. The highest BCUT2D eigenvalue weighted by atomic mass is 32.1. The molecule has 0 spiro atoms. The van der Waals surface area contributed by atoms with Gasteiger partial charge in [-0.05, 0) is 33.3 Å². The third kappa shape index (κ3) is 2.56. The Balaban J connectivity index is 2.42. The van der Waals surface area contributed by atoms with E-state index in [0.29, 0.717) is 18.4 Å². The molecule has 1 aliphatic rings. The molecule has 0 bridgehead atoms. The van der Waals surface area contributed by atoms with Gasteiger partial charge in [0.05, 0.1) is 30.7 Å². The van der Waals surface area contributed by atoms with Crippen LogP contribution < -0.4 is 11.2 Å². The standard InChI is InChI=1S/C16H22N2O4S/c1-9(2)18-14-12(13(20)17(5-6-19)15(18)21)10-7-16(3,4)22-8-11(10)23-14/h9,19H,5-8H2,1-4H3. The Kier molecular flexibility index (Phi) is 3.98. The Bertz CT molecular complexity index is 873. The van der Waals surface area contributed by atoms with E-state index >= 15 is 0 Å². The normalized spacial score (nSPS) is 17.0. The molecule has 3 rings (SSSR count). The van der Waals surface area contributed by atoms with E-state index in [0.717, 1.165) is 19.8 Å². The molecule has 0 atom stereocenters.